The number of methoxy groups -OCH3 is 1. The molecule has 21 heavy (non-hydrogen) atoms. The minimum Gasteiger partial charge on any atom is -0.468 e. The molecule has 0 aliphatic heterocycles. The van der Waals surface area contributed by atoms with Gasteiger partial charge in [0.25, 0.3) is 0 Å². The van der Waals surface area contributed by atoms with Crippen molar-refractivity contribution < 1.29 is 27.4 Å². The molecule has 0 aliphatic rings. The van der Waals surface area contributed by atoms with Crippen LogP contribution in [-0.4, -0.2) is 37.4 Å². The molecule has 0 unspecified atom stereocenters. The highest BCUT2D eigenvalue weighted by Gasteiger charge is 2.30. The summed E-state index contributed by atoms with van der Waals surface area (Å²) in [6.45, 7) is 3.26. The molecule has 0 saturated heterocycles. The monoisotopic (exact) mass is 305 g/mol. The molecule has 0 saturated carbocycles. The van der Waals surface area contributed by atoms with Gasteiger partial charge in [0.2, 0.25) is 0 Å². The Morgan fingerprint density at radius 2 is 1.86 bits per heavy atom. The fraction of sp³-hybridized carbons (Fsp3) is 0.500. The molecule has 0 fully saturated rings. The zero-order chi connectivity index (χ0) is 15.9. The second-order valence-electron chi connectivity index (χ2n) is 4.48. The van der Waals surface area contributed by atoms with Gasteiger partial charge in [-0.3, -0.25) is 9.69 Å². The summed E-state index contributed by atoms with van der Waals surface area (Å²) < 4.78 is 44.6. The minimum absolute atomic E-state index is 0.144. The van der Waals surface area contributed by atoms with Gasteiger partial charge in [0, 0.05) is 6.54 Å². The summed E-state index contributed by atoms with van der Waals surface area (Å²) in [6.07, 6.45) is -3.84. The molecule has 0 spiro atoms. The molecule has 0 heterocycles. The van der Waals surface area contributed by atoms with Gasteiger partial charge in [-0.05, 0) is 30.7 Å². The van der Waals surface area contributed by atoms with Gasteiger partial charge < -0.3 is 9.47 Å². The predicted octanol–water partition coefficient (Wildman–Crippen LogP) is 2.97. The number of carbonyl (C=O) groups excluding carboxylic acids is 1. The van der Waals surface area contributed by atoms with Crippen molar-refractivity contribution in [3.63, 3.8) is 0 Å². The van der Waals surface area contributed by atoms with E-state index in [1.165, 1.54) is 19.2 Å². The van der Waals surface area contributed by atoms with Crippen LogP contribution in [0, 0.1) is 0 Å². The molecule has 0 radical (unpaired) electrons. The Kier molecular flexibility index (Phi) is 6.48. The number of esters is 1. The summed E-state index contributed by atoms with van der Waals surface area (Å²) in [5.74, 6) is -0.610. The Bertz CT molecular complexity index is 446. The highest BCUT2D eigenvalue weighted by molar-refractivity contribution is 5.71. The smallest absolute Gasteiger partial charge is 0.468 e. The molecule has 1 rings (SSSR count). The third kappa shape index (κ3) is 6.99. The number of benzene rings is 1. The maximum Gasteiger partial charge on any atom is 0.573 e. The second-order valence-corrected chi connectivity index (χ2v) is 4.48. The van der Waals surface area contributed by atoms with Crippen LogP contribution in [0.15, 0.2) is 24.3 Å². The van der Waals surface area contributed by atoms with Gasteiger partial charge in [-0.2, -0.15) is 0 Å². The summed E-state index contributed by atoms with van der Waals surface area (Å²) >= 11 is 0. The Morgan fingerprint density at radius 1 is 1.24 bits per heavy atom. The zero-order valence-electron chi connectivity index (χ0n) is 11.9. The molecule has 4 nitrogen and oxygen atoms in total. The van der Waals surface area contributed by atoms with Crippen LogP contribution in [0.2, 0.25) is 0 Å². The maximum absolute atomic E-state index is 12.1. The Morgan fingerprint density at radius 3 is 2.33 bits per heavy atom. The van der Waals surface area contributed by atoms with E-state index in [9.17, 15) is 18.0 Å². The maximum atomic E-state index is 12.1. The second kappa shape index (κ2) is 7.87. The number of alkyl halides is 3. The number of ether oxygens (including phenoxy) is 2. The lowest BCUT2D eigenvalue weighted by atomic mass is 10.2. The number of halogens is 3. The normalized spacial score (nSPS) is 11.5. The first-order valence-electron chi connectivity index (χ1n) is 6.48. The lowest BCUT2D eigenvalue weighted by Gasteiger charge is -2.20. The van der Waals surface area contributed by atoms with E-state index in [1.807, 2.05) is 11.8 Å². The molecular weight excluding hydrogens is 287 g/mol. The van der Waals surface area contributed by atoms with E-state index < -0.39 is 6.36 Å². The molecule has 7 heteroatoms. The number of hydrogen-bond acceptors (Lipinski definition) is 4. The van der Waals surface area contributed by atoms with E-state index in [0.29, 0.717) is 13.1 Å². The first-order chi connectivity index (χ1) is 9.84. The number of hydrogen-bond donors (Lipinski definition) is 0. The van der Waals surface area contributed by atoms with E-state index >= 15 is 0 Å². The molecule has 0 amide bonds. The Balaban J connectivity index is 2.65. The van der Waals surface area contributed by atoms with Crippen molar-refractivity contribution in [1.29, 1.82) is 0 Å². The molecule has 0 aliphatic carbocycles. The Hall–Kier alpha value is -1.76. The summed E-state index contributed by atoms with van der Waals surface area (Å²) in [6, 6.07) is 5.60. The lowest BCUT2D eigenvalue weighted by Crippen LogP contribution is -2.30. The van der Waals surface area contributed by atoms with Crippen molar-refractivity contribution in [3.8, 4) is 5.75 Å². The van der Waals surface area contributed by atoms with Gasteiger partial charge in [0.05, 0.1) is 13.7 Å². The fourth-order valence-corrected chi connectivity index (χ4v) is 1.83. The molecule has 0 bridgehead atoms. The van der Waals surface area contributed by atoms with Crippen LogP contribution >= 0.6 is 0 Å². The number of carbonyl (C=O) groups is 1. The summed E-state index contributed by atoms with van der Waals surface area (Å²) in [5.41, 5.74) is 0.793. The highest BCUT2D eigenvalue weighted by Crippen LogP contribution is 2.23. The fourth-order valence-electron chi connectivity index (χ4n) is 1.83. The van der Waals surface area contributed by atoms with Crippen LogP contribution in [0.25, 0.3) is 0 Å². The number of nitrogens with zero attached hydrogens (tertiary/aromatic N) is 1. The highest BCUT2D eigenvalue weighted by atomic mass is 19.4. The zero-order valence-corrected chi connectivity index (χ0v) is 11.9. The van der Waals surface area contributed by atoms with Gasteiger partial charge >= 0.3 is 12.3 Å². The van der Waals surface area contributed by atoms with Gasteiger partial charge in [0.15, 0.2) is 0 Å². The largest absolute Gasteiger partial charge is 0.573 e. The molecule has 0 N–H and O–H groups in total. The van der Waals surface area contributed by atoms with Crippen LogP contribution in [0.3, 0.4) is 0 Å². The first-order valence-corrected chi connectivity index (χ1v) is 6.48. The lowest BCUT2D eigenvalue weighted by molar-refractivity contribution is -0.274. The van der Waals surface area contributed by atoms with E-state index in [2.05, 4.69) is 9.47 Å². The van der Waals surface area contributed by atoms with Crippen LogP contribution in [-0.2, 0) is 16.1 Å². The summed E-state index contributed by atoms with van der Waals surface area (Å²) in [5, 5.41) is 0. The van der Waals surface area contributed by atoms with Crippen molar-refractivity contribution >= 4 is 5.97 Å². The third-order valence-corrected chi connectivity index (χ3v) is 2.68. The van der Waals surface area contributed by atoms with E-state index in [-0.39, 0.29) is 18.3 Å². The van der Waals surface area contributed by atoms with Crippen molar-refractivity contribution in [2.75, 3.05) is 20.2 Å². The topological polar surface area (TPSA) is 38.8 Å². The first kappa shape index (κ1) is 17.3. The molecule has 1 aromatic carbocycles. The quantitative estimate of drug-likeness (QED) is 0.726. The molecule has 1 aromatic rings. The van der Waals surface area contributed by atoms with Gasteiger partial charge in [-0.15, -0.1) is 13.2 Å². The molecular formula is C14H18F3NO3. The standard InChI is InChI=1S/C14H18F3NO3/c1-3-8-18(10-13(19)20-2)9-11-4-6-12(7-5-11)21-14(15,16)17/h4-7H,3,8-10H2,1-2H3. The van der Waals surface area contributed by atoms with Gasteiger partial charge in [-0.1, -0.05) is 19.1 Å². The van der Waals surface area contributed by atoms with Gasteiger partial charge in [0.1, 0.15) is 5.75 Å². The van der Waals surface area contributed by atoms with Crippen molar-refractivity contribution in [1.82, 2.24) is 4.90 Å². The average Bonchev–Trinajstić information content (AvgIpc) is 2.39. The van der Waals surface area contributed by atoms with Crippen molar-refractivity contribution in [3.05, 3.63) is 29.8 Å². The Labute approximate surface area is 121 Å². The minimum atomic E-state index is -4.69. The van der Waals surface area contributed by atoms with E-state index in [1.54, 1.807) is 12.1 Å². The SMILES string of the molecule is CCCN(CC(=O)OC)Cc1ccc(OC(F)(F)F)cc1. The molecule has 0 aromatic heterocycles. The van der Waals surface area contributed by atoms with Crippen LogP contribution < -0.4 is 4.74 Å². The van der Waals surface area contributed by atoms with Gasteiger partial charge in [-0.25, -0.2) is 0 Å². The predicted molar refractivity (Wildman–Crippen MR) is 70.7 cm³/mol. The van der Waals surface area contributed by atoms with Crippen LogP contribution in [0.5, 0.6) is 5.75 Å². The summed E-state index contributed by atoms with van der Waals surface area (Å²) in [7, 11) is 1.32. The molecule has 0 atom stereocenters. The third-order valence-electron chi connectivity index (χ3n) is 2.68. The number of rotatable bonds is 7. The van der Waals surface area contributed by atoms with Crippen LogP contribution in [0.1, 0.15) is 18.9 Å². The molecule has 118 valence electrons. The summed E-state index contributed by atoms with van der Waals surface area (Å²) in [4.78, 5) is 13.2. The van der Waals surface area contributed by atoms with Crippen LogP contribution in [0.4, 0.5) is 13.2 Å². The van der Waals surface area contributed by atoms with E-state index in [0.717, 1.165) is 12.0 Å². The van der Waals surface area contributed by atoms with E-state index in [4.69, 9.17) is 0 Å². The van der Waals surface area contributed by atoms with Crippen molar-refractivity contribution in [2.24, 2.45) is 0 Å². The van der Waals surface area contributed by atoms with Crippen molar-refractivity contribution in [2.45, 2.75) is 26.3 Å². The average molecular weight is 305 g/mol.